The highest BCUT2D eigenvalue weighted by Crippen LogP contribution is 2.38. The van der Waals surface area contributed by atoms with Crippen molar-refractivity contribution < 1.29 is 27.4 Å². The van der Waals surface area contributed by atoms with Crippen LogP contribution in [0.25, 0.3) is 0 Å². The Morgan fingerprint density at radius 1 is 1.00 bits per heavy atom. The lowest BCUT2D eigenvalue weighted by atomic mass is 10.1. The fourth-order valence-corrected chi connectivity index (χ4v) is 4.51. The van der Waals surface area contributed by atoms with Gasteiger partial charge in [-0.3, -0.25) is 4.79 Å². The molecular formula is C21H27ClN2O6S. The first-order valence-electron chi connectivity index (χ1n) is 9.46. The summed E-state index contributed by atoms with van der Waals surface area (Å²) in [4.78, 5) is 14.3. The Hall–Kier alpha value is -2.49. The number of ether oxygens (including phenoxy) is 3. The highest BCUT2D eigenvalue weighted by Gasteiger charge is 2.26. The van der Waals surface area contributed by atoms with Crippen LogP contribution in [0, 0.1) is 0 Å². The molecule has 0 aliphatic carbocycles. The molecule has 2 rings (SSSR count). The van der Waals surface area contributed by atoms with Gasteiger partial charge in [-0.25, -0.2) is 8.42 Å². The van der Waals surface area contributed by atoms with Gasteiger partial charge in [0.25, 0.3) is 0 Å². The van der Waals surface area contributed by atoms with E-state index in [9.17, 15) is 13.2 Å². The number of hydrogen-bond acceptors (Lipinski definition) is 6. The zero-order chi connectivity index (χ0) is 23.2. The molecule has 8 nitrogen and oxygen atoms in total. The standard InChI is InChI=1S/C21H27ClN2O6S/c1-6-24(31(26,27)17-9-7-16(22)8-10-17)14-20(25)23(2)13-15-11-18(28-3)21(30-5)19(12-15)29-4/h7-12H,6,13-14H2,1-5H3. The third-order valence-electron chi connectivity index (χ3n) is 4.69. The Balaban J connectivity index is 2.18. The summed E-state index contributed by atoms with van der Waals surface area (Å²) in [6.45, 7) is 1.77. The lowest BCUT2D eigenvalue weighted by molar-refractivity contribution is -0.130. The second-order valence-electron chi connectivity index (χ2n) is 6.67. The number of carbonyl (C=O) groups excluding carboxylic acids is 1. The quantitative estimate of drug-likeness (QED) is 0.530. The maximum Gasteiger partial charge on any atom is 0.243 e. The lowest BCUT2D eigenvalue weighted by Crippen LogP contribution is -2.41. The van der Waals surface area contributed by atoms with Crippen LogP contribution in [0.4, 0.5) is 0 Å². The van der Waals surface area contributed by atoms with Crippen molar-refractivity contribution in [3.05, 3.63) is 47.0 Å². The molecule has 0 aliphatic heterocycles. The topological polar surface area (TPSA) is 85.4 Å². The predicted octanol–water partition coefficient (Wildman–Crippen LogP) is 3.04. The van der Waals surface area contributed by atoms with E-state index in [0.717, 1.165) is 9.87 Å². The molecule has 0 aliphatic rings. The molecule has 0 radical (unpaired) electrons. The van der Waals surface area contributed by atoms with Crippen molar-refractivity contribution in [1.29, 1.82) is 0 Å². The molecule has 31 heavy (non-hydrogen) atoms. The van der Waals surface area contributed by atoms with Gasteiger partial charge in [-0.15, -0.1) is 0 Å². The smallest absolute Gasteiger partial charge is 0.243 e. The van der Waals surface area contributed by atoms with Crippen molar-refractivity contribution in [2.24, 2.45) is 0 Å². The molecule has 0 saturated heterocycles. The van der Waals surface area contributed by atoms with Crippen LogP contribution in [0.1, 0.15) is 12.5 Å². The maximum atomic E-state index is 12.9. The van der Waals surface area contributed by atoms with E-state index in [4.69, 9.17) is 25.8 Å². The second kappa shape index (κ2) is 10.7. The molecular weight excluding hydrogens is 444 g/mol. The van der Waals surface area contributed by atoms with Crippen LogP contribution in [0.5, 0.6) is 17.2 Å². The molecule has 170 valence electrons. The van der Waals surface area contributed by atoms with Crippen LogP contribution in [0.15, 0.2) is 41.3 Å². The first-order valence-corrected chi connectivity index (χ1v) is 11.3. The number of carbonyl (C=O) groups is 1. The van der Waals surface area contributed by atoms with Crippen molar-refractivity contribution in [2.45, 2.75) is 18.4 Å². The van der Waals surface area contributed by atoms with Crippen LogP contribution in [0.3, 0.4) is 0 Å². The van der Waals surface area contributed by atoms with Gasteiger partial charge >= 0.3 is 0 Å². The fourth-order valence-electron chi connectivity index (χ4n) is 2.98. The first-order chi connectivity index (χ1) is 14.7. The number of likely N-dealkylation sites (N-methyl/N-ethyl adjacent to an activating group) is 2. The highest BCUT2D eigenvalue weighted by atomic mass is 35.5. The number of nitrogens with zero attached hydrogens (tertiary/aromatic N) is 2. The Kier molecular flexibility index (Phi) is 8.55. The van der Waals surface area contributed by atoms with Crippen LogP contribution in [0.2, 0.25) is 5.02 Å². The summed E-state index contributed by atoms with van der Waals surface area (Å²) in [5, 5.41) is 0.433. The normalized spacial score (nSPS) is 11.3. The third kappa shape index (κ3) is 5.81. The molecule has 0 aromatic heterocycles. The number of benzene rings is 2. The zero-order valence-corrected chi connectivity index (χ0v) is 19.8. The molecule has 10 heteroatoms. The lowest BCUT2D eigenvalue weighted by Gasteiger charge is -2.24. The van der Waals surface area contributed by atoms with Crippen molar-refractivity contribution in [3.63, 3.8) is 0 Å². The summed E-state index contributed by atoms with van der Waals surface area (Å²) in [5.74, 6) is 1.04. The van der Waals surface area contributed by atoms with Gasteiger partial charge in [-0.1, -0.05) is 18.5 Å². The second-order valence-corrected chi connectivity index (χ2v) is 9.04. The minimum atomic E-state index is -3.83. The molecule has 1 amide bonds. The molecule has 0 saturated carbocycles. The number of methoxy groups -OCH3 is 3. The highest BCUT2D eigenvalue weighted by molar-refractivity contribution is 7.89. The summed E-state index contributed by atoms with van der Waals surface area (Å²) in [6.07, 6.45) is 0. The van der Waals surface area contributed by atoms with Gasteiger partial charge in [0.2, 0.25) is 21.7 Å². The van der Waals surface area contributed by atoms with E-state index in [2.05, 4.69) is 0 Å². The van der Waals surface area contributed by atoms with Crippen LogP contribution in [-0.2, 0) is 21.4 Å². The van der Waals surface area contributed by atoms with E-state index >= 15 is 0 Å². The Morgan fingerprint density at radius 2 is 1.55 bits per heavy atom. The summed E-state index contributed by atoms with van der Waals surface area (Å²) in [5.41, 5.74) is 0.744. The Labute approximate surface area is 188 Å². The van der Waals surface area contributed by atoms with E-state index in [1.54, 1.807) is 26.1 Å². The van der Waals surface area contributed by atoms with E-state index in [-0.39, 0.29) is 30.4 Å². The molecule has 0 atom stereocenters. The minimum absolute atomic E-state index is 0.0823. The summed E-state index contributed by atoms with van der Waals surface area (Å²) in [7, 11) is 2.31. The van der Waals surface area contributed by atoms with Gasteiger partial charge in [0, 0.05) is 25.2 Å². The number of hydrogen-bond donors (Lipinski definition) is 0. The molecule has 2 aromatic carbocycles. The maximum absolute atomic E-state index is 12.9. The van der Waals surface area contributed by atoms with Gasteiger partial charge < -0.3 is 19.1 Å². The van der Waals surface area contributed by atoms with Crippen molar-refractivity contribution in [2.75, 3.05) is 41.5 Å². The third-order valence-corrected chi connectivity index (χ3v) is 6.87. The van der Waals surface area contributed by atoms with Gasteiger partial charge in [-0.2, -0.15) is 4.31 Å². The Morgan fingerprint density at radius 3 is 2.00 bits per heavy atom. The van der Waals surface area contributed by atoms with Crippen LogP contribution < -0.4 is 14.2 Å². The fraction of sp³-hybridized carbons (Fsp3) is 0.381. The number of sulfonamides is 1. The summed E-state index contributed by atoms with van der Waals surface area (Å²) < 4.78 is 42.9. The average Bonchev–Trinajstić information content (AvgIpc) is 2.76. The van der Waals surface area contributed by atoms with Crippen molar-refractivity contribution in [1.82, 2.24) is 9.21 Å². The van der Waals surface area contributed by atoms with E-state index in [1.165, 1.54) is 50.5 Å². The van der Waals surface area contributed by atoms with E-state index in [1.807, 2.05) is 0 Å². The molecule has 0 bridgehead atoms. The minimum Gasteiger partial charge on any atom is -0.493 e. The van der Waals surface area contributed by atoms with Gasteiger partial charge in [-0.05, 0) is 42.0 Å². The predicted molar refractivity (Wildman–Crippen MR) is 118 cm³/mol. The van der Waals surface area contributed by atoms with Crippen molar-refractivity contribution in [3.8, 4) is 17.2 Å². The van der Waals surface area contributed by atoms with Gasteiger partial charge in [0.05, 0.1) is 32.8 Å². The molecule has 2 aromatic rings. The molecule has 0 fully saturated rings. The summed E-state index contributed by atoms with van der Waals surface area (Å²) >= 11 is 5.85. The van der Waals surface area contributed by atoms with Gasteiger partial charge in [0.1, 0.15) is 0 Å². The number of amides is 1. The first kappa shape index (κ1) is 24.8. The Bertz CT molecular complexity index is 986. The number of rotatable bonds is 10. The van der Waals surface area contributed by atoms with Gasteiger partial charge in [0.15, 0.2) is 11.5 Å². The summed E-state index contributed by atoms with van der Waals surface area (Å²) in [6, 6.07) is 9.33. The number of halogens is 1. The molecule has 0 unspecified atom stereocenters. The zero-order valence-electron chi connectivity index (χ0n) is 18.2. The monoisotopic (exact) mass is 470 g/mol. The van der Waals surface area contributed by atoms with Crippen molar-refractivity contribution >= 4 is 27.5 Å². The molecule has 0 spiro atoms. The van der Waals surface area contributed by atoms with E-state index < -0.39 is 10.0 Å². The molecule has 0 heterocycles. The van der Waals surface area contributed by atoms with E-state index in [0.29, 0.717) is 22.3 Å². The van der Waals surface area contributed by atoms with Crippen LogP contribution >= 0.6 is 11.6 Å². The van der Waals surface area contributed by atoms with Crippen LogP contribution in [-0.4, -0.2) is 65.0 Å². The average molecular weight is 471 g/mol. The SMILES string of the molecule is CCN(CC(=O)N(C)Cc1cc(OC)c(OC)c(OC)c1)S(=O)(=O)c1ccc(Cl)cc1. The largest absolute Gasteiger partial charge is 0.493 e. The molecule has 0 N–H and O–H groups in total.